The number of ether oxygens (including phenoxy) is 1. The molecule has 0 atom stereocenters. The SMILES string of the molecule is COCCCNc1nc(NCCc2ccccc2)c(C#N)c(C)c1N=Nc1c(Cl)cc(C#N)c2c1C(=O)c1c(O)cccc1C2=O. The van der Waals surface area contributed by atoms with Gasteiger partial charge in [0.2, 0.25) is 5.78 Å². The van der Waals surface area contributed by atoms with Crippen molar-refractivity contribution in [1.82, 2.24) is 4.98 Å². The first kappa shape index (κ1) is 31.8. The van der Waals surface area contributed by atoms with Crippen LogP contribution in [-0.4, -0.2) is 48.5 Å². The second-order valence-corrected chi connectivity index (χ2v) is 10.8. The van der Waals surface area contributed by atoms with Crippen molar-refractivity contribution in [2.45, 2.75) is 19.8 Å². The summed E-state index contributed by atoms with van der Waals surface area (Å²) in [5, 5.41) is 45.5. The van der Waals surface area contributed by atoms with Crippen molar-refractivity contribution in [3.05, 3.63) is 104 Å². The molecule has 1 heterocycles. The Morgan fingerprint density at radius 2 is 1.65 bits per heavy atom. The molecule has 1 aliphatic carbocycles. The molecule has 1 aliphatic rings. The predicted octanol–water partition coefficient (Wildman–Crippen LogP) is 6.79. The predicted molar refractivity (Wildman–Crippen MR) is 173 cm³/mol. The fourth-order valence-corrected chi connectivity index (χ4v) is 5.45. The number of rotatable bonds is 11. The topological polar surface area (TPSA) is 173 Å². The smallest absolute Gasteiger partial charge is 0.200 e. The van der Waals surface area contributed by atoms with Gasteiger partial charge in [-0.1, -0.05) is 54.1 Å². The van der Waals surface area contributed by atoms with Gasteiger partial charge in [0, 0.05) is 37.9 Å². The summed E-state index contributed by atoms with van der Waals surface area (Å²) >= 11 is 6.54. The Bertz CT molecular complexity index is 1960. The van der Waals surface area contributed by atoms with Crippen molar-refractivity contribution in [3.8, 4) is 17.9 Å². The summed E-state index contributed by atoms with van der Waals surface area (Å²) in [5.41, 5.74) is 1.13. The molecule has 0 unspecified atom stereocenters. The highest BCUT2D eigenvalue weighted by atomic mass is 35.5. The van der Waals surface area contributed by atoms with E-state index < -0.39 is 11.6 Å². The number of benzene rings is 3. The molecule has 3 N–H and O–H groups in total. The third-order valence-electron chi connectivity index (χ3n) is 7.49. The number of anilines is 2. The number of ketones is 2. The number of hydrogen-bond acceptors (Lipinski definition) is 11. The Labute approximate surface area is 270 Å². The summed E-state index contributed by atoms with van der Waals surface area (Å²) in [6.07, 6.45) is 1.36. The van der Waals surface area contributed by atoms with Crippen LogP contribution in [0.2, 0.25) is 5.02 Å². The van der Waals surface area contributed by atoms with Gasteiger partial charge in [0.05, 0.1) is 38.9 Å². The molecule has 0 saturated carbocycles. The molecule has 11 nitrogen and oxygen atoms in total. The number of phenols is 1. The van der Waals surface area contributed by atoms with Gasteiger partial charge < -0.3 is 20.5 Å². The number of nitrogens with one attached hydrogen (secondary N) is 2. The van der Waals surface area contributed by atoms with Crippen LogP contribution in [0.5, 0.6) is 5.75 Å². The zero-order valence-corrected chi connectivity index (χ0v) is 25.8. The van der Waals surface area contributed by atoms with E-state index in [4.69, 9.17) is 16.3 Å². The average molecular weight is 634 g/mol. The van der Waals surface area contributed by atoms with E-state index in [1.54, 1.807) is 14.0 Å². The molecule has 1 aromatic heterocycles. The van der Waals surface area contributed by atoms with Crippen molar-refractivity contribution in [1.29, 1.82) is 10.5 Å². The number of phenolic OH excluding ortho intramolecular Hbond substituents is 1. The second-order valence-electron chi connectivity index (χ2n) is 10.4. The Hall–Kier alpha value is -5.62. The molecule has 0 aliphatic heterocycles. The maximum absolute atomic E-state index is 13.7. The molecule has 12 heteroatoms. The summed E-state index contributed by atoms with van der Waals surface area (Å²) in [5.74, 6) is -1.05. The minimum Gasteiger partial charge on any atom is -0.507 e. The molecular formula is C34H28ClN7O4. The quantitative estimate of drug-likeness (QED) is 0.105. The van der Waals surface area contributed by atoms with E-state index in [-0.39, 0.29) is 55.5 Å². The van der Waals surface area contributed by atoms with Crippen molar-refractivity contribution in [2.75, 3.05) is 37.4 Å². The number of nitriles is 2. The highest BCUT2D eigenvalue weighted by molar-refractivity contribution is 6.37. The van der Waals surface area contributed by atoms with Crippen LogP contribution >= 0.6 is 11.6 Å². The molecular weight excluding hydrogens is 606 g/mol. The molecule has 3 aromatic carbocycles. The number of hydrogen-bond donors (Lipinski definition) is 3. The molecule has 0 bridgehead atoms. The highest BCUT2D eigenvalue weighted by Gasteiger charge is 2.37. The van der Waals surface area contributed by atoms with Crippen LogP contribution in [-0.2, 0) is 11.2 Å². The fraction of sp³-hybridized carbons (Fsp3) is 0.206. The highest BCUT2D eigenvalue weighted by Crippen LogP contribution is 2.43. The van der Waals surface area contributed by atoms with Crippen LogP contribution in [0.25, 0.3) is 0 Å². The lowest BCUT2D eigenvalue weighted by Gasteiger charge is -2.21. The van der Waals surface area contributed by atoms with Gasteiger partial charge in [0.25, 0.3) is 0 Å². The Balaban J connectivity index is 1.59. The first-order valence-corrected chi connectivity index (χ1v) is 14.7. The minimum absolute atomic E-state index is 0.0317. The van der Waals surface area contributed by atoms with Gasteiger partial charge in [-0.15, -0.1) is 10.2 Å². The number of nitrogens with zero attached hydrogens (tertiary/aromatic N) is 5. The number of fused-ring (bicyclic) bond motifs is 2. The van der Waals surface area contributed by atoms with Gasteiger partial charge in [-0.3, -0.25) is 9.59 Å². The average Bonchev–Trinajstić information content (AvgIpc) is 3.05. The van der Waals surface area contributed by atoms with Crippen LogP contribution in [0, 0.1) is 29.6 Å². The molecule has 0 radical (unpaired) electrons. The lowest BCUT2D eigenvalue weighted by molar-refractivity contribution is 0.0977. The third kappa shape index (κ3) is 6.15. The largest absolute Gasteiger partial charge is 0.507 e. The van der Waals surface area contributed by atoms with Crippen molar-refractivity contribution >= 4 is 46.2 Å². The van der Waals surface area contributed by atoms with Crippen molar-refractivity contribution in [2.24, 2.45) is 10.2 Å². The lowest BCUT2D eigenvalue weighted by Crippen LogP contribution is -2.22. The van der Waals surface area contributed by atoms with Gasteiger partial charge >= 0.3 is 0 Å². The number of azo groups is 1. The molecule has 0 fully saturated rings. The van der Waals surface area contributed by atoms with Crippen molar-refractivity contribution < 1.29 is 19.4 Å². The maximum Gasteiger partial charge on any atom is 0.200 e. The van der Waals surface area contributed by atoms with Gasteiger partial charge in [-0.25, -0.2) is 4.98 Å². The molecule has 0 amide bonds. The standard InChI is InChI=1S/C34H28ClN7O4/c1-19-23(18-37)33(39-14-12-20-8-4-3-5-9-20)40-34(38-13-7-15-46-2)29(19)41-42-30-24(35)16-21(17-36)26-28(30)32(45)27-22(31(26)44)10-6-11-25(27)43/h3-6,8-11,16,43H,7,12-15H2,1-2H3,(H2,38,39,40). The molecule has 0 saturated heterocycles. The number of aromatic hydroxyl groups is 1. The first-order valence-electron chi connectivity index (χ1n) is 14.4. The van der Waals surface area contributed by atoms with E-state index in [2.05, 4.69) is 31.9 Å². The zero-order chi connectivity index (χ0) is 32.8. The summed E-state index contributed by atoms with van der Waals surface area (Å²) in [7, 11) is 1.60. The molecule has 5 rings (SSSR count). The number of carbonyl (C=O) groups excluding carboxylic acids is 2. The number of carbonyl (C=O) groups is 2. The van der Waals surface area contributed by atoms with E-state index in [0.717, 1.165) is 5.56 Å². The zero-order valence-electron chi connectivity index (χ0n) is 25.0. The van der Waals surface area contributed by atoms with E-state index in [0.29, 0.717) is 49.7 Å². The monoisotopic (exact) mass is 633 g/mol. The lowest BCUT2D eigenvalue weighted by atomic mass is 9.80. The number of methoxy groups -OCH3 is 1. The summed E-state index contributed by atoms with van der Waals surface area (Å²) in [4.78, 5) is 31.9. The van der Waals surface area contributed by atoms with Gasteiger partial charge in [-0.05, 0) is 37.5 Å². The van der Waals surface area contributed by atoms with Crippen LogP contribution in [0.4, 0.5) is 23.0 Å². The Kier molecular flexibility index (Phi) is 9.67. The molecule has 230 valence electrons. The van der Waals surface area contributed by atoms with Gasteiger partial charge in [0.1, 0.15) is 29.0 Å². The normalized spacial score (nSPS) is 11.9. The van der Waals surface area contributed by atoms with Crippen LogP contribution in [0.1, 0.15) is 60.5 Å². The van der Waals surface area contributed by atoms with Crippen molar-refractivity contribution in [3.63, 3.8) is 0 Å². The molecule has 4 aromatic rings. The van der Waals surface area contributed by atoms with E-state index >= 15 is 0 Å². The number of pyridine rings is 1. The minimum atomic E-state index is -0.723. The van der Waals surface area contributed by atoms with E-state index in [9.17, 15) is 25.2 Å². The number of aromatic nitrogens is 1. The molecule has 46 heavy (non-hydrogen) atoms. The fourth-order valence-electron chi connectivity index (χ4n) is 5.21. The summed E-state index contributed by atoms with van der Waals surface area (Å²) in [6.45, 7) is 3.19. The van der Waals surface area contributed by atoms with E-state index in [1.807, 2.05) is 36.4 Å². The Morgan fingerprint density at radius 3 is 2.37 bits per heavy atom. The first-order chi connectivity index (χ1) is 22.3. The van der Waals surface area contributed by atoms with Crippen LogP contribution in [0.3, 0.4) is 0 Å². The van der Waals surface area contributed by atoms with Gasteiger partial charge in [0.15, 0.2) is 11.6 Å². The summed E-state index contributed by atoms with van der Waals surface area (Å²) in [6, 6.07) is 19.4. The molecule has 0 spiro atoms. The van der Waals surface area contributed by atoms with Gasteiger partial charge in [-0.2, -0.15) is 10.5 Å². The summed E-state index contributed by atoms with van der Waals surface area (Å²) < 4.78 is 5.16. The van der Waals surface area contributed by atoms with Crippen LogP contribution in [0.15, 0.2) is 64.8 Å². The second kappa shape index (κ2) is 14.0. The maximum atomic E-state index is 13.7. The van der Waals surface area contributed by atoms with Crippen LogP contribution < -0.4 is 10.6 Å². The number of halogens is 1. The third-order valence-corrected chi connectivity index (χ3v) is 7.77. The Morgan fingerprint density at radius 1 is 0.913 bits per heavy atom. The van der Waals surface area contributed by atoms with E-state index in [1.165, 1.54) is 24.3 Å².